The average Bonchev–Trinajstić information content (AvgIpc) is 3.01. The van der Waals surface area contributed by atoms with Gasteiger partial charge in [-0.05, 0) is 24.4 Å². The molecular weight excluding hydrogens is 334 g/mol. The molecule has 10 heteroatoms. The molecule has 130 valence electrons. The van der Waals surface area contributed by atoms with E-state index in [2.05, 4.69) is 36.9 Å². The van der Waals surface area contributed by atoms with Crippen molar-refractivity contribution in [3.8, 4) is 0 Å². The fourth-order valence-corrected chi connectivity index (χ4v) is 1.90. The predicted molar refractivity (Wildman–Crippen MR) is 99.2 cm³/mol. The lowest BCUT2D eigenvalue weighted by atomic mass is 10.3. The largest absolute Gasteiger partial charge is 0.447 e. The summed E-state index contributed by atoms with van der Waals surface area (Å²) in [6.07, 6.45) is 1.47. The van der Waals surface area contributed by atoms with Gasteiger partial charge < -0.3 is 36.3 Å². The molecular formula is C13H25N7OS2. The highest BCUT2D eigenvalue weighted by atomic mass is 32.1. The van der Waals surface area contributed by atoms with Gasteiger partial charge in [-0.2, -0.15) is 0 Å². The first-order valence-corrected chi connectivity index (χ1v) is 8.22. The van der Waals surface area contributed by atoms with E-state index in [4.69, 9.17) is 28.9 Å². The zero-order chi connectivity index (χ0) is 16.9. The minimum absolute atomic E-state index is 0.632. The first-order chi connectivity index (χ1) is 11.2. The van der Waals surface area contributed by atoms with E-state index in [0.717, 1.165) is 37.6 Å². The number of hydrogen-bond acceptors (Lipinski definition) is 6. The van der Waals surface area contributed by atoms with Crippen molar-refractivity contribution in [2.75, 3.05) is 40.3 Å². The van der Waals surface area contributed by atoms with Gasteiger partial charge in [-0.15, -0.1) is 0 Å². The molecule has 0 fully saturated rings. The summed E-state index contributed by atoms with van der Waals surface area (Å²) in [5, 5.41) is 19.7. The maximum Gasteiger partial charge on any atom is 0.181 e. The summed E-state index contributed by atoms with van der Waals surface area (Å²) >= 11 is 9.99. The Bertz CT molecular complexity index is 440. The second-order valence-corrected chi connectivity index (χ2v) is 5.40. The highest BCUT2D eigenvalue weighted by Gasteiger charge is 2.07. The fourth-order valence-electron chi connectivity index (χ4n) is 1.70. The molecule has 0 bridgehead atoms. The molecule has 6 N–H and O–H groups in total. The van der Waals surface area contributed by atoms with Crippen LogP contribution in [0, 0.1) is 0 Å². The monoisotopic (exact) mass is 359 g/mol. The molecule has 1 aromatic heterocycles. The standard InChI is InChI=1S/C13H25N7OS2/c1-14-12(22)18-5-3-16-7-10-11(21-9-20-10)8-17-4-6-19-13(23)15-2/h9,16-17H,3-8H2,1-2H3,(H2,14,18,22)(H2,15,19,23). The van der Waals surface area contributed by atoms with Crippen LogP contribution in [0.1, 0.15) is 11.5 Å². The number of hydrogen-bond donors (Lipinski definition) is 6. The van der Waals surface area contributed by atoms with E-state index in [1.807, 2.05) is 0 Å². The minimum atomic E-state index is 0.632. The van der Waals surface area contributed by atoms with E-state index < -0.39 is 0 Å². The summed E-state index contributed by atoms with van der Waals surface area (Å²) in [6.45, 7) is 4.35. The van der Waals surface area contributed by atoms with Crippen LogP contribution in [0.15, 0.2) is 10.8 Å². The second-order valence-electron chi connectivity index (χ2n) is 4.59. The number of aromatic nitrogens is 1. The van der Waals surface area contributed by atoms with Gasteiger partial charge in [0.15, 0.2) is 16.6 Å². The summed E-state index contributed by atoms with van der Waals surface area (Å²) in [5.41, 5.74) is 0.910. The molecule has 0 radical (unpaired) electrons. The van der Waals surface area contributed by atoms with Crippen LogP contribution in [0.2, 0.25) is 0 Å². The summed E-state index contributed by atoms with van der Waals surface area (Å²) in [5.74, 6) is 0.840. The summed E-state index contributed by atoms with van der Waals surface area (Å²) in [4.78, 5) is 4.23. The Morgan fingerprint density at radius 2 is 1.52 bits per heavy atom. The third kappa shape index (κ3) is 8.65. The maximum atomic E-state index is 5.41. The number of thiocarbonyl (C=S) groups is 2. The highest BCUT2D eigenvalue weighted by Crippen LogP contribution is 2.05. The molecule has 0 aliphatic rings. The van der Waals surface area contributed by atoms with E-state index in [9.17, 15) is 0 Å². The van der Waals surface area contributed by atoms with Crippen molar-refractivity contribution in [2.24, 2.45) is 0 Å². The van der Waals surface area contributed by atoms with Gasteiger partial charge in [0.2, 0.25) is 0 Å². The lowest BCUT2D eigenvalue weighted by molar-refractivity contribution is 0.474. The van der Waals surface area contributed by atoms with Crippen molar-refractivity contribution in [3.05, 3.63) is 17.8 Å². The third-order valence-corrected chi connectivity index (χ3v) is 3.63. The molecule has 0 aromatic carbocycles. The van der Waals surface area contributed by atoms with E-state index >= 15 is 0 Å². The molecule has 23 heavy (non-hydrogen) atoms. The van der Waals surface area contributed by atoms with Gasteiger partial charge in [0, 0.05) is 46.8 Å². The van der Waals surface area contributed by atoms with Crippen molar-refractivity contribution in [3.63, 3.8) is 0 Å². The van der Waals surface area contributed by atoms with E-state index in [-0.39, 0.29) is 0 Å². The number of nitrogens with one attached hydrogen (secondary N) is 6. The molecule has 0 saturated heterocycles. The molecule has 0 atom stereocenters. The lowest BCUT2D eigenvalue weighted by Gasteiger charge is -2.09. The second kappa shape index (κ2) is 12.0. The fraction of sp³-hybridized carbons (Fsp3) is 0.615. The van der Waals surface area contributed by atoms with Crippen LogP contribution in [0.4, 0.5) is 0 Å². The predicted octanol–water partition coefficient (Wildman–Crippen LogP) is -0.958. The summed E-state index contributed by atoms with van der Waals surface area (Å²) in [7, 11) is 3.58. The third-order valence-electron chi connectivity index (χ3n) is 2.93. The molecule has 1 heterocycles. The Kier molecular flexibility index (Phi) is 10.2. The highest BCUT2D eigenvalue weighted by molar-refractivity contribution is 7.80. The molecule has 0 aliphatic heterocycles. The SMILES string of the molecule is CNC(=S)NCCNCc1ncoc1CNCCNC(=S)NC. The quantitative estimate of drug-likeness (QED) is 0.232. The number of oxazole rings is 1. The average molecular weight is 360 g/mol. The Balaban J connectivity index is 2.15. The molecule has 1 rings (SSSR count). The van der Waals surface area contributed by atoms with Crippen molar-refractivity contribution >= 4 is 34.7 Å². The molecule has 1 aromatic rings. The molecule has 8 nitrogen and oxygen atoms in total. The van der Waals surface area contributed by atoms with E-state index in [1.54, 1.807) is 14.1 Å². The van der Waals surface area contributed by atoms with Crippen molar-refractivity contribution < 1.29 is 4.42 Å². The Morgan fingerprint density at radius 3 is 2.09 bits per heavy atom. The summed E-state index contributed by atoms with van der Waals surface area (Å²) in [6, 6.07) is 0. The van der Waals surface area contributed by atoms with Gasteiger partial charge in [-0.3, -0.25) is 0 Å². The van der Waals surface area contributed by atoms with Gasteiger partial charge in [-0.1, -0.05) is 0 Å². The van der Waals surface area contributed by atoms with Crippen LogP contribution >= 0.6 is 24.4 Å². The normalized spacial score (nSPS) is 10.2. The van der Waals surface area contributed by atoms with Crippen LogP contribution in [0.5, 0.6) is 0 Å². The zero-order valence-electron chi connectivity index (χ0n) is 13.5. The Hall–Kier alpha value is -1.49. The van der Waals surface area contributed by atoms with Crippen LogP contribution in [-0.4, -0.2) is 55.5 Å². The topological polar surface area (TPSA) is 98.2 Å². The van der Waals surface area contributed by atoms with Gasteiger partial charge >= 0.3 is 0 Å². The van der Waals surface area contributed by atoms with Crippen LogP contribution in [-0.2, 0) is 13.1 Å². The summed E-state index contributed by atoms with van der Waals surface area (Å²) < 4.78 is 5.41. The number of rotatable bonds is 10. The van der Waals surface area contributed by atoms with Crippen molar-refractivity contribution in [1.82, 2.24) is 36.9 Å². The van der Waals surface area contributed by atoms with Crippen LogP contribution < -0.4 is 31.9 Å². The smallest absolute Gasteiger partial charge is 0.181 e. The van der Waals surface area contributed by atoms with Gasteiger partial charge in [-0.25, -0.2) is 4.98 Å². The van der Waals surface area contributed by atoms with Crippen LogP contribution in [0.25, 0.3) is 0 Å². The van der Waals surface area contributed by atoms with Crippen molar-refractivity contribution in [1.29, 1.82) is 0 Å². The number of nitrogens with zero attached hydrogens (tertiary/aromatic N) is 1. The van der Waals surface area contributed by atoms with Gasteiger partial charge in [0.25, 0.3) is 0 Å². The molecule has 0 amide bonds. The maximum absolute atomic E-state index is 5.41. The Morgan fingerprint density at radius 1 is 0.957 bits per heavy atom. The molecule has 0 aliphatic carbocycles. The molecule has 0 spiro atoms. The molecule has 0 unspecified atom stereocenters. The Labute approximate surface area is 147 Å². The van der Waals surface area contributed by atoms with Gasteiger partial charge in [0.1, 0.15) is 5.76 Å². The van der Waals surface area contributed by atoms with Crippen molar-refractivity contribution in [2.45, 2.75) is 13.1 Å². The zero-order valence-corrected chi connectivity index (χ0v) is 15.1. The van der Waals surface area contributed by atoms with E-state index in [0.29, 0.717) is 23.3 Å². The minimum Gasteiger partial charge on any atom is -0.447 e. The van der Waals surface area contributed by atoms with Crippen LogP contribution in [0.3, 0.4) is 0 Å². The van der Waals surface area contributed by atoms with Gasteiger partial charge in [0.05, 0.1) is 12.2 Å². The lowest BCUT2D eigenvalue weighted by Crippen LogP contribution is -2.37. The first-order valence-electron chi connectivity index (χ1n) is 7.41. The molecule has 0 saturated carbocycles. The first kappa shape index (κ1) is 19.6. The van der Waals surface area contributed by atoms with E-state index in [1.165, 1.54) is 6.39 Å².